The number of aromatic hydroxyl groups is 1. The molecule has 6 nitrogen and oxygen atoms in total. The van der Waals surface area contributed by atoms with Crippen LogP contribution in [-0.2, 0) is 11.3 Å². The predicted molar refractivity (Wildman–Crippen MR) is 123 cm³/mol. The summed E-state index contributed by atoms with van der Waals surface area (Å²) in [6.07, 6.45) is 1.81. The summed E-state index contributed by atoms with van der Waals surface area (Å²) in [5.74, 6) is -0.107. The number of nitrogens with one attached hydrogen (secondary N) is 2. The summed E-state index contributed by atoms with van der Waals surface area (Å²) < 4.78 is 0. The number of phenolic OH excluding ortho intramolecular Hbond substituents is 1. The molecule has 0 aliphatic carbocycles. The SMILES string of the molecule is Cc1ncsc1-c1ccc(CNC(=O)CCCCNC(=O)c2cccc(O)c2C)cc1. The van der Waals surface area contributed by atoms with E-state index in [0.29, 0.717) is 43.5 Å². The van der Waals surface area contributed by atoms with Crippen LogP contribution in [0.1, 0.15) is 46.4 Å². The molecule has 1 heterocycles. The number of benzene rings is 2. The van der Waals surface area contributed by atoms with Crippen molar-refractivity contribution >= 4 is 23.2 Å². The summed E-state index contributed by atoms with van der Waals surface area (Å²) in [7, 11) is 0. The number of carbonyl (C=O) groups is 2. The van der Waals surface area contributed by atoms with E-state index in [4.69, 9.17) is 0 Å². The molecular weight excluding hydrogens is 410 g/mol. The van der Waals surface area contributed by atoms with E-state index < -0.39 is 0 Å². The fraction of sp³-hybridized carbons (Fsp3) is 0.292. The summed E-state index contributed by atoms with van der Waals surface area (Å²) in [4.78, 5) is 29.7. The van der Waals surface area contributed by atoms with Crippen molar-refractivity contribution in [2.24, 2.45) is 0 Å². The lowest BCUT2D eigenvalue weighted by Gasteiger charge is -2.09. The second-order valence-corrected chi connectivity index (χ2v) is 8.26. The third-order valence-electron chi connectivity index (χ3n) is 5.12. The van der Waals surface area contributed by atoms with Gasteiger partial charge in [0.1, 0.15) is 5.75 Å². The van der Waals surface area contributed by atoms with Crippen LogP contribution in [0.25, 0.3) is 10.4 Å². The zero-order valence-electron chi connectivity index (χ0n) is 17.8. The Balaban J connectivity index is 1.34. The van der Waals surface area contributed by atoms with Crippen molar-refractivity contribution in [1.82, 2.24) is 15.6 Å². The van der Waals surface area contributed by atoms with Crippen molar-refractivity contribution in [3.63, 3.8) is 0 Å². The molecule has 0 aliphatic rings. The van der Waals surface area contributed by atoms with E-state index in [1.165, 1.54) is 4.88 Å². The van der Waals surface area contributed by atoms with Crippen molar-refractivity contribution < 1.29 is 14.7 Å². The van der Waals surface area contributed by atoms with Crippen molar-refractivity contribution in [2.45, 2.75) is 39.7 Å². The molecule has 0 atom stereocenters. The molecule has 0 saturated heterocycles. The fourth-order valence-corrected chi connectivity index (χ4v) is 4.03. The molecule has 7 heteroatoms. The Morgan fingerprint density at radius 2 is 1.81 bits per heavy atom. The van der Waals surface area contributed by atoms with Crippen LogP contribution in [0.3, 0.4) is 0 Å². The molecule has 0 fully saturated rings. The number of aromatic nitrogens is 1. The number of rotatable bonds is 9. The Kier molecular flexibility index (Phi) is 7.78. The van der Waals surface area contributed by atoms with Gasteiger partial charge in [0.2, 0.25) is 5.91 Å². The molecule has 2 aromatic carbocycles. The van der Waals surface area contributed by atoms with Crippen molar-refractivity contribution in [1.29, 1.82) is 0 Å². The quantitative estimate of drug-likeness (QED) is 0.434. The van der Waals surface area contributed by atoms with E-state index >= 15 is 0 Å². The number of nitrogens with zero attached hydrogens (tertiary/aromatic N) is 1. The van der Waals surface area contributed by atoms with Crippen LogP contribution in [0, 0.1) is 13.8 Å². The average Bonchev–Trinajstić information content (AvgIpc) is 3.20. The Labute approximate surface area is 186 Å². The van der Waals surface area contributed by atoms with Gasteiger partial charge in [-0.15, -0.1) is 11.3 Å². The van der Waals surface area contributed by atoms with E-state index in [-0.39, 0.29) is 17.6 Å². The number of amides is 2. The van der Waals surface area contributed by atoms with Crippen LogP contribution >= 0.6 is 11.3 Å². The van der Waals surface area contributed by atoms with Crippen LogP contribution < -0.4 is 10.6 Å². The third kappa shape index (κ3) is 6.15. The minimum Gasteiger partial charge on any atom is -0.508 e. The van der Waals surface area contributed by atoms with Gasteiger partial charge < -0.3 is 15.7 Å². The minimum absolute atomic E-state index is 0.00229. The Morgan fingerprint density at radius 3 is 2.52 bits per heavy atom. The normalized spacial score (nSPS) is 10.6. The second kappa shape index (κ2) is 10.7. The maximum atomic E-state index is 12.2. The number of hydrogen-bond acceptors (Lipinski definition) is 5. The molecule has 0 bridgehead atoms. The zero-order valence-corrected chi connectivity index (χ0v) is 18.6. The lowest BCUT2D eigenvalue weighted by molar-refractivity contribution is -0.121. The molecule has 0 saturated carbocycles. The van der Waals surface area contributed by atoms with Gasteiger partial charge in [-0.2, -0.15) is 0 Å². The molecule has 2 amide bonds. The molecule has 0 unspecified atom stereocenters. The first kappa shape index (κ1) is 22.5. The summed E-state index contributed by atoms with van der Waals surface area (Å²) in [5, 5.41) is 15.5. The largest absolute Gasteiger partial charge is 0.508 e. The lowest BCUT2D eigenvalue weighted by Crippen LogP contribution is -2.26. The third-order valence-corrected chi connectivity index (χ3v) is 6.09. The second-order valence-electron chi connectivity index (χ2n) is 7.40. The molecule has 3 N–H and O–H groups in total. The van der Waals surface area contributed by atoms with E-state index in [2.05, 4.69) is 27.8 Å². The molecule has 162 valence electrons. The van der Waals surface area contributed by atoms with E-state index in [1.807, 2.05) is 24.6 Å². The molecule has 0 spiro atoms. The van der Waals surface area contributed by atoms with Crippen LogP contribution in [0.5, 0.6) is 5.75 Å². The average molecular weight is 438 g/mol. The minimum atomic E-state index is -0.213. The molecule has 31 heavy (non-hydrogen) atoms. The van der Waals surface area contributed by atoms with E-state index in [0.717, 1.165) is 16.8 Å². The molecule has 3 aromatic rings. The highest BCUT2D eigenvalue weighted by Gasteiger charge is 2.11. The summed E-state index contributed by atoms with van der Waals surface area (Å²) in [6.45, 7) is 4.69. The molecular formula is C24H27N3O3S. The Bertz CT molecular complexity index is 1040. The number of phenols is 1. The monoisotopic (exact) mass is 437 g/mol. The smallest absolute Gasteiger partial charge is 0.251 e. The van der Waals surface area contributed by atoms with Gasteiger partial charge >= 0.3 is 0 Å². The van der Waals surface area contributed by atoms with Crippen LogP contribution in [0.15, 0.2) is 48.0 Å². The number of hydrogen-bond donors (Lipinski definition) is 3. The maximum Gasteiger partial charge on any atom is 0.251 e. The van der Waals surface area contributed by atoms with Gasteiger partial charge in [-0.1, -0.05) is 30.3 Å². The van der Waals surface area contributed by atoms with Gasteiger partial charge in [-0.25, -0.2) is 4.98 Å². The van der Waals surface area contributed by atoms with Gasteiger partial charge in [0.25, 0.3) is 5.91 Å². The van der Waals surface area contributed by atoms with Crippen LogP contribution in [0.2, 0.25) is 0 Å². The number of unbranched alkanes of at least 4 members (excludes halogenated alkanes) is 1. The zero-order chi connectivity index (χ0) is 22.2. The summed E-state index contributed by atoms with van der Waals surface area (Å²) in [5.41, 5.74) is 6.09. The molecule has 3 rings (SSSR count). The highest BCUT2D eigenvalue weighted by Crippen LogP contribution is 2.27. The first-order chi connectivity index (χ1) is 15.0. The fourth-order valence-electron chi connectivity index (χ4n) is 3.22. The van der Waals surface area contributed by atoms with E-state index in [9.17, 15) is 14.7 Å². The standard InChI is InChI=1S/C24H27N3O3S/c1-16-20(6-5-7-21(16)28)24(30)25-13-4-3-8-22(29)26-14-18-9-11-19(12-10-18)23-17(2)27-15-31-23/h5-7,9-12,15,28H,3-4,8,13-14H2,1-2H3,(H,25,30)(H,26,29). The first-order valence-corrected chi connectivity index (χ1v) is 11.2. The van der Waals surface area contributed by atoms with Gasteiger partial charge in [0, 0.05) is 30.6 Å². The van der Waals surface area contributed by atoms with Gasteiger partial charge in [-0.05, 0) is 49.9 Å². The molecule has 1 aromatic heterocycles. The number of thiazole rings is 1. The molecule has 0 aliphatic heterocycles. The van der Waals surface area contributed by atoms with Crippen LogP contribution in [-0.4, -0.2) is 28.4 Å². The lowest BCUT2D eigenvalue weighted by atomic mass is 10.1. The number of carbonyl (C=O) groups excluding carboxylic acids is 2. The van der Waals surface area contributed by atoms with Crippen molar-refractivity contribution in [3.05, 3.63) is 70.4 Å². The van der Waals surface area contributed by atoms with E-state index in [1.54, 1.807) is 36.5 Å². The highest BCUT2D eigenvalue weighted by atomic mass is 32.1. The first-order valence-electron chi connectivity index (χ1n) is 10.3. The van der Waals surface area contributed by atoms with Crippen molar-refractivity contribution in [2.75, 3.05) is 6.54 Å². The Morgan fingerprint density at radius 1 is 1.03 bits per heavy atom. The number of aryl methyl sites for hydroxylation is 1. The predicted octanol–water partition coefficient (Wildman–Crippen LogP) is 4.35. The highest BCUT2D eigenvalue weighted by molar-refractivity contribution is 7.13. The maximum absolute atomic E-state index is 12.2. The van der Waals surface area contributed by atoms with Gasteiger partial charge in [-0.3, -0.25) is 9.59 Å². The van der Waals surface area contributed by atoms with Gasteiger partial charge in [0.15, 0.2) is 0 Å². The summed E-state index contributed by atoms with van der Waals surface area (Å²) >= 11 is 1.62. The van der Waals surface area contributed by atoms with Gasteiger partial charge in [0.05, 0.1) is 16.1 Å². The topological polar surface area (TPSA) is 91.3 Å². The molecule has 0 radical (unpaired) electrons. The Hall–Kier alpha value is -3.19. The summed E-state index contributed by atoms with van der Waals surface area (Å²) in [6, 6.07) is 13.0. The van der Waals surface area contributed by atoms with Crippen molar-refractivity contribution in [3.8, 4) is 16.2 Å². The van der Waals surface area contributed by atoms with Crippen LogP contribution in [0.4, 0.5) is 0 Å².